The molecule has 2 aromatic rings. The maximum absolute atomic E-state index is 12.0. The van der Waals surface area contributed by atoms with Gasteiger partial charge >= 0.3 is 0 Å². The smallest absolute Gasteiger partial charge is 0.226 e. The third-order valence-corrected chi connectivity index (χ3v) is 4.32. The summed E-state index contributed by atoms with van der Waals surface area (Å²) in [4.78, 5) is 30.1. The van der Waals surface area contributed by atoms with Gasteiger partial charge in [-0.1, -0.05) is 24.6 Å². The molecule has 0 radical (unpaired) electrons. The fraction of sp³-hybridized carbons (Fsp3) is 0.421. The summed E-state index contributed by atoms with van der Waals surface area (Å²) in [5, 5.41) is 2.83. The molecule has 6 heteroatoms. The average Bonchev–Trinajstić information content (AvgIpc) is 3.02. The highest BCUT2D eigenvalue weighted by atomic mass is 16.3. The van der Waals surface area contributed by atoms with Crippen LogP contribution in [0.15, 0.2) is 41.0 Å². The molecule has 0 spiro atoms. The quantitative estimate of drug-likeness (QED) is 0.876. The number of rotatable bonds is 6. The second kappa shape index (κ2) is 8.46. The molecule has 2 heterocycles. The van der Waals surface area contributed by atoms with E-state index >= 15 is 0 Å². The monoisotopic (exact) mass is 341 g/mol. The summed E-state index contributed by atoms with van der Waals surface area (Å²) in [6.07, 6.45) is 5.54. The summed E-state index contributed by atoms with van der Waals surface area (Å²) in [5.41, 5.74) is 1.58. The van der Waals surface area contributed by atoms with Gasteiger partial charge in [0.2, 0.25) is 17.7 Å². The van der Waals surface area contributed by atoms with E-state index in [2.05, 4.69) is 10.3 Å². The topological polar surface area (TPSA) is 75.4 Å². The second-order valence-electron chi connectivity index (χ2n) is 6.23. The van der Waals surface area contributed by atoms with Crippen LogP contribution >= 0.6 is 0 Å². The third-order valence-electron chi connectivity index (χ3n) is 4.32. The highest BCUT2D eigenvalue weighted by molar-refractivity contribution is 5.79. The fourth-order valence-corrected chi connectivity index (χ4v) is 2.89. The van der Waals surface area contributed by atoms with Gasteiger partial charge in [0.1, 0.15) is 6.26 Å². The van der Waals surface area contributed by atoms with Crippen molar-refractivity contribution in [1.82, 2.24) is 15.2 Å². The molecule has 1 aliphatic heterocycles. The summed E-state index contributed by atoms with van der Waals surface area (Å²) in [6, 6.07) is 9.62. The first-order valence-corrected chi connectivity index (χ1v) is 8.76. The molecule has 0 saturated carbocycles. The fourth-order valence-electron chi connectivity index (χ4n) is 2.89. The molecule has 1 saturated heterocycles. The lowest BCUT2D eigenvalue weighted by Gasteiger charge is -2.19. The molecule has 0 atom stereocenters. The molecule has 1 N–H and O–H groups in total. The van der Waals surface area contributed by atoms with Crippen LogP contribution in [-0.2, 0) is 16.1 Å². The summed E-state index contributed by atoms with van der Waals surface area (Å²) in [7, 11) is 0. The van der Waals surface area contributed by atoms with Crippen molar-refractivity contribution in [3.8, 4) is 11.5 Å². The SMILES string of the molecule is O=C(CCN1CCCCCC1=O)NCc1coc(-c2ccccc2)n1. The Labute approximate surface area is 147 Å². The zero-order valence-corrected chi connectivity index (χ0v) is 14.2. The number of aromatic nitrogens is 1. The Morgan fingerprint density at radius 2 is 2.04 bits per heavy atom. The molecule has 1 aromatic heterocycles. The molecule has 0 bridgehead atoms. The van der Waals surface area contributed by atoms with E-state index in [1.54, 1.807) is 11.2 Å². The van der Waals surface area contributed by atoms with Gasteiger partial charge in [-0.2, -0.15) is 0 Å². The zero-order valence-electron chi connectivity index (χ0n) is 14.2. The van der Waals surface area contributed by atoms with Crippen molar-refractivity contribution in [3.05, 3.63) is 42.3 Å². The summed E-state index contributed by atoms with van der Waals surface area (Å²) >= 11 is 0. The Balaban J connectivity index is 1.45. The van der Waals surface area contributed by atoms with E-state index in [9.17, 15) is 9.59 Å². The zero-order chi connectivity index (χ0) is 17.5. The minimum Gasteiger partial charge on any atom is -0.444 e. The van der Waals surface area contributed by atoms with Crippen LogP contribution in [0.2, 0.25) is 0 Å². The van der Waals surface area contributed by atoms with Crippen LogP contribution in [0.3, 0.4) is 0 Å². The lowest BCUT2D eigenvalue weighted by atomic mass is 10.2. The van der Waals surface area contributed by atoms with Crippen LogP contribution in [0, 0.1) is 0 Å². The largest absolute Gasteiger partial charge is 0.444 e. The van der Waals surface area contributed by atoms with Crippen molar-refractivity contribution >= 4 is 11.8 Å². The van der Waals surface area contributed by atoms with Gasteiger partial charge in [0, 0.05) is 31.5 Å². The Morgan fingerprint density at radius 1 is 1.20 bits per heavy atom. The molecular formula is C19H23N3O3. The lowest BCUT2D eigenvalue weighted by Crippen LogP contribution is -2.34. The minimum atomic E-state index is -0.0821. The van der Waals surface area contributed by atoms with E-state index < -0.39 is 0 Å². The molecule has 6 nitrogen and oxygen atoms in total. The van der Waals surface area contributed by atoms with Crippen LogP contribution < -0.4 is 5.32 Å². The van der Waals surface area contributed by atoms with Crippen LogP contribution in [-0.4, -0.2) is 34.8 Å². The van der Waals surface area contributed by atoms with Gasteiger partial charge in [-0.25, -0.2) is 4.98 Å². The Kier molecular flexibility index (Phi) is 5.82. The van der Waals surface area contributed by atoms with Gasteiger partial charge in [0.25, 0.3) is 0 Å². The summed E-state index contributed by atoms with van der Waals surface area (Å²) in [6.45, 7) is 1.57. The molecule has 1 aliphatic rings. The molecule has 2 amide bonds. The van der Waals surface area contributed by atoms with Crippen molar-refractivity contribution in [2.75, 3.05) is 13.1 Å². The van der Waals surface area contributed by atoms with Gasteiger partial charge in [0.05, 0.1) is 12.2 Å². The average molecular weight is 341 g/mol. The predicted octanol–water partition coefficient (Wildman–Crippen LogP) is 2.75. The van der Waals surface area contributed by atoms with Gasteiger partial charge in [0.15, 0.2) is 0 Å². The van der Waals surface area contributed by atoms with E-state index in [0.29, 0.717) is 37.5 Å². The number of likely N-dealkylation sites (tertiary alicyclic amines) is 1. The number of hydrogen-bond acceptors (Lipinski definition) is 4. The van der Waals surface area contributed by atoms with E-state index in [-0.39, 0.29) is 11.8 Å². The molecule has 0 unspecified atom stereocenters. The van der Waals surface area contributed by atoms with E-state index in [4.69, 9.17) is 4.42 Å². The van der Waals surface area contributed by atoms with E-state index in [0.717, 1.165) is 31.4 Å². The Morgan fingerprint density at radius 3 is 2.88 bits per heavy atom. The van der Waals surface area contributed by atoms with Crippen molar-refractivity contribution in [2.45, 2.75) is 38.6 Å². The first kappa shape index (κ1) is 17.2. The first-order valence-electron chi connectivity index (χ1n) is 8.76. The first-order chi connectivity index (χ1) is 12.2. The Hall–Kier alpha value is -2.63. The number of carbonyl (C=O) groups is 2. The second-order valence-corrected chi connectivity index (χ2v) is 6.23. The number of benzene rings is 1. The number of hydrogen-bond donors (Lipinski definition) is 1. The lowest BCUT2D eigenvalue weighted by molar-refractivity contribution is -0.131. The number of carbonyl (C=O) groups excluding carboxylic acids is 2. The molecule has 1 aromatic carbocycles. The minimum absolute atomic E-state index is 0.0821. The highest BCUT2D eigenvalue weighted by Gasteiger charge is 2.17. The normalized spacial score (nSPS) is 15.0. The van der Waals surface area contributed by atoms with Crippen LogP contribution in [0.5, 0.6) is 0 Å². The van der Waals surface area contributed by atoms with Crippen molar-refractivity contribution in [1.29, 1.82) is 0 Å². The molecular weight excluding hydrogens is 318 g/mol. The van der Waals surface area contributed by atoms with Crippen molar-refractivity contribution in [2.24, 2.45) is 0 Å². The number of amides is 2. The number of nitrogens with one attached hydrogen (secondary N) is 1. The number of oxazole rings is 1. The van der Waals surface area contributed by atoms with Gasteiger partial charge in [-0.15, -0.1) is 0 Å². The molecule has 1 fully saturated rings. The predicted molar refractivity (Wildman–Crippen MR) is 93.5 cm³/mol. The standard InChI is InChI=1S/C19H23N3O3/c23-17(10-12-22-11-6-2-5-9-18(22)24)20-13-16-14-25-19(21-16)15-7-3-1-4-8-15/h1,3-4,7-8,14H,2,5-6,9-13H2,(H,20,23). The van der Waals surface area contributed by atoms with E-state index in [1.807, 2.05) is 30.3 Å². The van der Waals surface area contributed by atoms with Crippen LogP contribution in [0.1, 0.15) is 37.8 Å². The molecule has 0 aliphatic carbocycles. The van der Waals surface area contributed by atoms with Crippen molar-refractivity contribution < 1.29 is 14.0 Å². The van der Waals surface area contributed by atoms with Gasteiger partial charge in [-0.3, -0.25) is 9.59 Å². The summed E-state index contributed by atoms with van der Waals surface area (Å²) < 4.78 is 5.45. The van der Waals surface area contributed by atoms with Gasteiger partial charge < -0.3 is 14.6 Å². The van der Waals surface area contributed by atoms with Crippen LogP contribution in [0.4, 0.5) is 0 Å². The third kappa shape index (κ3) is 4.92. The maximum Gasteiger partial charge on any atom is 0.226 e. The number of nitrogens with zero attached hydrogens (tertiary/aromatic N) is 2. The van der Waals surface area contributed by atoms with Crippen molar-refractivity contribution in [3.63, 3.8) is 0 Å². The summed E-state index contributed by atoms with van der Waals surface area (Å²) in [5.74, 6) is 0.621. The maximum atomic E-state index is 12.0. The van der Waals surface area contributed by atoms with Gasteiger partial charge in [-0.05, 0) is 25.0 Å². The molecule has 132 valence electrons. The Bertz CT molecular complexity index is 712. The molecule has 25 heavy (non-hydrogen) atoms. The van der Waals surface area contributed by atoms with Crippen LogP contribution in [0.25, 0.3) is 11.5 Å². The molecule has 3 rings (SSSR count). The highest BCUT2D eigenvalue weighted by Crippen LogP contribution is 2.17. The van der Waals surface area contributed by atoms with E-state index in [1.165, 1.54) is 0 Å².